The van der Waals surface area contributed by atoms with Crippen LogP contribution in [-0.2, 0) is 11.2 Å². The Morgan fingerprint density at radius 1 is 1.24 bits per heavy atom. The Kier molecular flexibility index (Phi) is 4.16. The van der Waals surface area contributed by atoms with Crippen molar-refractivity contribution < 1.29 is 9.90 Å². The van der Waals surface area contributed by atoms with Gasteiger partial charge in [0.05, 0.1) is 6.42 Å². The summed E-state index contributed by atoms with van der Waals surface area (Å²) in [5, 5.41) is 9.15. The van der Waals surface area contributed by atoms with Crippen LogP contribution < -0.4 is 5.73 Å². The summed E-state index contributed by atoms with van der Waals surface area (Å²) in [6, 6.07) is 10.5. The van der Waals surface area contributed by atoms with Gasteiger partial charge in [0.15, 0.2) is 0 Å². The molecule has 1 aliphatic rings. The van der Waals surface area contributed by atoms with Gasteiger partial charge in [-0.15, -0.1) is 0 Å². The monoisotopic (exact) mass is 289 g/mol. The van der Waals surface area contributed by atoms with Crippen LogP contribution in [0.1, 0.15) is 45.6 Å². The first-order chi connectivity index (χ1) is 9.72. The first-order valence-corrected chi connectivity index (χ1v) is 7.68. The fourth-order valence-electron chi connectivity index (χ4n) is 3.95. The molecule has 0 aromatic heterocycles. The van der Waals surface area contributed by atoms with Gasteiger partial charge in [-0.25, -0.2) is 0 Å². The molecule has 1 saturated carbocycles. The third-order valence-corrected chi connectivity index (χ3v) is 5.36. The average molecular weight is 289 g/mol. The number of carboxylic acid groups (broad SMARTS) is 1. The van der Waals surface area contributed by atoms with Crippen LogP contribution in [0.5, 0.6) is 0 Å². The molecule has 0 spiro atoms. The molecule has 0 bridgehead atoms. The molecule has 0 saturated heterocycles. The van der Waals surface area contributed by atoms with E-state index in [1.54, 1.807) is 0 Å². The van der Waals surface area contributed by atoms with Crippen LogP contribution in [0, 0.1) is 16.2 Å². The highest BCUT2D eigenvalue weighted by Gasteiger charge is 2.59. The number of hydrogen-bond acceptors (Lipinski definition) is 2. The van der Waals surface area contributed by atoms with Crippen molar-refractivity contribution in [3.05, 3.63) is 35.9 Å². The molecule has 3 N–H and O–H groups in total. The summed E-state index contributed by atoms with van der Waals surface area (Å²) in [5.74, 6) is -0.734. The van der Waals surface area contributed by atoms with Crippen LogP contribution >= 0.6 is 0 Å². The van der Waals surface area contributed by atoms with Crippen LogP contribution in [0.3, 0.4) is 0 Å². The topological polar surface area (TPSA) is 63.3 Å². The summed E-state index contributed by atoms with van der Waals surface area (Å²) in [6.07, 6.45) is 3.00. The van der Waals surface area contributed by atoms with Crippen molar-refractivity contribution in [3.63, 3.8) is 0 Å². The number of benzene rings is 1. The zero-order valence-corrected chi connectivity index (χ0v) is 13.4. The molecule has 0 atom stereocenters. The molecule has 2 rings (SSSR count). The van der Waals surface area contributed by atoms with E-state index in [9.17, 15) is 4.79 Å². The third kappa shape index (κ3) is 3.13. The first-order valence-electron chi connectivity index (χ1n) is 7.68. The summed E-state index contributed by atoms with van der Waals surface area (Å²) >= 11 is 0. The van der Waals surface area contributed by atoms with Gasteiger partial charge in [-0.3, -0.25) is 4.79 Å². The average Bonchev–Trinajstić information content (AvgIpc) is 2.35. The predicted octanol–water partition coefficient (Wildman–Crippen LogP) is 3.48. The second-order valence-electron chi connectivity index (χ2n) is 7.82. The number of nitrogens with two attached hydrogens (primary N) is 1. The van der Waals surface area contributed by atoms with Gasteiger partial charge in [0, 0.05) is 0 Å². The highest BCUT2D eigenvalue weighted by molar-refractivity contribution is 5.68. The van der Waals surface area contributed by atoms with Crippen molar-refractivity contribution >= 4 is 5.97 Å². The Labute approximate surface area is 127 Å². The second-order valence-corrected chi connectivity index (χ2v) is 7.82. The molecule has 1 fully saturated rings. The van der Waals surface area contributed by atoms with E-state index in [-0.39, 0.29) is 22.7 Å². The standard InChI is InChI=1S/C18H27NO2/c1-16(2,3)18(9-14-7-5-4-6-8-14)11-17(12-18,13-19)10-15(20)21/h4-8H,9-13,19H2,1-3H3,(H,20,21)/t17-,18-. The quantitative estimate of drug-likeness (QED) is 0.872. The molecule has 0 amide bonds. The molecular formula is C18H27NO2. The maximum absolute atomic E-state index is 11.1. The largest absolute Gasteiger partial charge is 0.481 e. The van der Waals surface area contributed by atoms with Crippen molar-refractivity contribution in [1.29, 1.82) is 0 Å². The molecule has 1 aromatic carbocycles. The Bertz CT molecular complexity index is 496. The summed E-state index contributed by atoms with van der Waals surface area (Å²) in [7, 11) is 0. The molecule has 0 aliphatic heterocycles. The van der Waals surface area contributed by atoms with Crippen LogP contribution in [0.2, 0.25) is 0 Å². The highest BCUT2D eigenvalue weighted by atomic mass is 16.4. The Balaban J connectivity index is 2.21. The Hall–Kier alpha value is -1.35. The molecule has 1 aliphatic carbocycles. The number of aliphatic carboxylic acids is 1. The van der Waals surface area contributed by atoms with Crippen LogP contribution in [0.15, 0.2) is 30.3 Å². The van der Waals surface area contributed by atoms with E-state index in [0.717, 1.165) is 19.3 Å². The smallest absolute Gasteiger partial charge is 0.303 e. The van der Waals surface area contributed by atoms with Gasteiger partial charge in [0.25, 0.3) is 0 Å². The van der Waals surface area contributed by atoms with E-state index in [1.165, 1.54) is 5.56 Å². The van der Waals surface area contributed by atoms with Gasteiger partial charge < -0.3 is 10.8 Å². The van der Waals surface area contributed by atoms with Gasteiger partial charge >= 0.3 is 5.97 Å². The van der Waals surface area contributed by atoms with Crippen LogP contribution in [0.4, 0.5) is 0 Å². The summed E-state index contributed by atoms with van der Waals surface area (Å²) in [4.78, 5) is 11.1. The van der Waals surface area contributed by atoms with Crippen molar-refractivity contribution in [1.82, 2.24) is 0 Å². The number of carboxylic acids is 1. The molecule has 1 aromatic rings. The maximum Gasteiger partial charge on any atom is 0.303 e. The molecule has 21 heavy (non-hydrogen) atoms. The molecular weight excluding hydrogens is 262 g/mol. The van der Waals surface area contributed by atoms with Gasteiger partial charge in [-0.05, 0) is 47.6 Å². The number of carbonyl (C=O) groups is 1. The van der Waals surface area contributed by atoms with Gasteiger partial charge in [-0.2, -0.15) is 0 Å². The van der Waals surface area contributed by atoms with Crippen LogP contribution in [0.25, 0.3) is 0 Å². The summed E-state index contributed by atoms with van der Waals surface area (Å²) in [5.41, 5.74) is 7.31. The van der Waals surface area contributed by atoms with Crippen LogP contribution in [-0.4, -0.2) is 17.6 Å². The summed E-state index contributed by atoms with van der Waals surface area (Å²) < 4.78 is 0. The van der Waals surface area contributed by atoms with E-state index in [2.05, 4.69) is 45.0 Å². The highest BCUT2D eigenvalue weighted by Crippen LogP contribution is 2.64. The minimum Gasteiger partial charge on any atom is -0.481 e. The number of rotatable bonds is 5. The molecule has 3 nitrogen and oxygen atoms in total. The van der Waals surface area contributed by atoms with Gasteiger partial charge in [0.1, 0.15) is 0 Å². The SMILES string of the molecule is CC(C)(C)[C@]1(Cc2ccccc2)C[C@](CN)(CC(=O)O)C1. The lowest BCUT2D eigenvalue weighted by Gasteiger charge is -2.62. The van der Waals surface area contributed by atoms with Gasteiger partial charge in [0.2, 0.25) is 0 Å². The fourth-order valence-corrected chi connectivity index (χ4v) is 3.95. The fraction of sp³-hybridized carbons (Fsp3) is 0.611. The van der Waals surface area contributed by atoms with E-state index in [0.29, 0.717) is 6.54 Å². The molecule has 3 heteroatoms. The Morgan fingerprint density at radius 2 is 1.81 bits per heavy atom. The lowest BCUT2D eigenvalue weighted by atomic mass is 9.42. The molecule has 0 heterocycles. The molecule has 116 valence electrons. The lowest BCUT2D eigenvalue weighted by Crippen LogP contribution is -2.58. The normalized spacial score (nSPS) is 29.0. The summed E-state index contributed by atoms with van der Waals surface area (Å²) in [6.45, 7) is 7.25. The van der Waals surface area contributed by atoms with E-state index >= 15 is 0 Å². The molecule has 0 radical (unpaired) electrons. The third-order valence-electron chi connectivity index (χ3n) is 5.36. The van der Waals surface area contributed by atoms with Crippen molar-refractivity contribution in [3.8, 4) is 0 Å². The lowest BCUT2D eigenvalue weighted by molar-refractivity contribution is -0.153. The molecule has 0 unspecified atom stereocenters. The first kappa shape index (κ1) is 16.0. The van der Waals surface area contributed by atoms with Crippen molar-refractivity contribution in [2.24, 2.45) is 22.0 Å². The van der Waals surface area contributed by atoms with Crippen molar-refractivity contribution in [2.75, 3.05) is 6.54 Å². The Morgan fingerprint density at radius 3 is 2.24 bits per heavy atom. The zero-order valence-electron chi connectivity index (χ0n) is 13.4. The van der Waals surface area contributed by atoms with E-state index < -0.39 is 5.97 Å². The zero-order chi connectivity index (χ0) is 15.7. The maximum atomic E-state index is 11.1. The van der Waals surface area contributed by atoms with Crippen molar-refractivity contribution in [2.45, 2.75) is 46.5 Å². The van der Waals surface area contributed by atoms with E-state index in [1.807, 2.05) is 6.07 Å². The minimum absolute atomic E-state index is 0.139. The second kappa shape index (κ2) is 5.45. The number of hydrogen-bond donors (Lipinski definition) is 2. The van der Waals surface area contributed by atoms with E-state index in [4.69, 9.17) is 10.8 Å². The van der Waals surface area contributed by atoms with Gasteiger partial charge in [-0.1, -0.05) is 51.1 Å². The minimum atomic E-state index is -0.734. The predicted molar refractivity (Wildman–Crippen MR) is 85.0 cm³/mol.